The quantitative estimate of drug-likeness (QED) is 0.833. The molecule has 5 heteroatoms. The Morgan fingerprint density at radius 2 is 1.96 bits per heavy atom. The summed E-state index contributed by atoms with van der Waals surface area (Å²) in [5.74, 6) is 1.62. The van der Waals surface area contributed by atoms with E-state index in [0.29, 0.717) is 24.5 Å². The minimum Gasteiger partial charge on any atom is -0.492 e. The first-order valence-corrected chi connectivity index (χ1v) is 10.3. The van der Waals surface area contributed by atoms with Crippen LogP contribution >= 0.6 is 0 Å². The Labute approximate surface area is 164 Å². The van der Waals surface area contributed by atoms with Gasteiger partial charge in [-0.25, -0.2) is 0 Å². The highest BCUT2D eigenvalue weighted by molar-refractivity contribution is 5.82. The second-order valence-corrected chi connectivity index (χ2v) is 8.72. The van der Waals surface area contributed by atoms with Crippen LogP contribution in [0.4, 0.5) is 0 Å². The van der Waals surface area contributed by atoms with E-state index in [1.165, 1.54) is 18.4 Å². The summed E-state index contributed by atoms with van der Waals surface area (Å²) in [7, 11) is 3.99. The summed E-state index contributed by atoms with van der Waals surface area (Å²) in [6.07, 6.45) is 3.35. The van der Waals surface area contributed by atoms with E-state index in [1.54, 1.807) is 0 Å². The lowest BCUT2D eigenvalue weighted by Gasteiger charge is -2.33. The molecule has 2 fully saturated rings. The van der Waals surface area contributed by atoms with E-state index in [4.69, 9.17) is 4.74 Å². The molecule has 1 amide bonds. The number of hydrogen-bond acceptors (Lipinski definition) is 4. The second-order valence-electron chi connectivity index (χ2n) is 8.72. The molecule has 1 spiro atoms. The zero-order valence-corrected chi connectivity index (χ0v) is 17.3. The van der Waals surface area contributed by atoms with E-state index < -0.39 is 0 Å². The smallest absolute Gasteiger partial charge is 0.239 e. The van der Waals surface area contributed by atoms with Gasteiger partial charge in [0.05, 0.1) is 12.6 Å². The van der Waals surface area contributed by atoms with Crippen LogP contribution in [0.25, 0.3) is 0 Å². The van der Waals surface area contributed by atoms with Crippen molar-refractivity contribution in [3.8, 4) is 5.75 Å². The van der Waals surface area contributed by atoms with Crippen molar-refractivity contribution >= 4 is 5.91 Å². The van der Waals surface area contributed by atoms with Crippen LogP contribution in [0.1, 0.15) is 44.6 Å². The Morgan fingerprint density at radius 3 is 2.59 bits per heavy atom. The summed E-state index contributed by atoms with van der Waals surface area (Å²) < 4.78 is 5.85. The van der Waals surface area contributed by atoms with Crippen molar-refractivity contribution in [2.24, 2.45) is 5.41 Å². The van der Waals surface area contributed by atoms with Gasteiger partial charge in [-0.1, -0.05) is 26.0 Å². The maximum absolute atomic E-state index is 13.0. The fraction of sp³-hybridized carbons (Fsp3) is 0.682. The highest BCUT2D eigenvalue weighted by Crippen LogP contribution is 2.41. The van der Waals surface area contributed by atoms with Gasteiger partial charge in [0.1, 0.15) is 12.4 Å². The number of carbonyl (C=O) groups excluding carboxylic acids is 1. The number of likely N-dealkylation sites (tertiary alicyclic amines) is 1. The summed E-state index contributed by atoms with van der Waals surface area (Å²) in [5, 5.41) is 3.44. The zero-order chi connectivity index (χ0) is 19.4. The van der Waals surface area contributed by atoms with Crippen LogP contribution in [0.2, 0.25) is 0 Å². The molecule has 2 aliphatic heterocycles. The molecule has 1 N–H and O–H groups in total. The number of ether oxygens (including phenoxy) is 1. The van der Waals surface area contributed by atoms with Crippen LogP contribution in [-0.2, 0) is 4.79 Å². The first-order chi connectivity index (χ1) is 12.9. The Balaban J connectivity index is 1.47. The zero-order valence-electron chi connectivity index (χ0n) is 17.3. The topological polar surface area (TPSA) is 44.8 Å². The molecule has 0 bridgehead atoms. The number of hydrogen-bond donors (Lipinski definition) is 1. The predicted molar refractivity (Wildman–Crippen MR) is 109 cm³/mol. The van der Waals surface area contributed by atoms with Crippen molar-refractivity contribution in [2.75, 3.05) is 46.9 Å². The monoisotopic (exact) mass is 373 g/mol. The van der Waals surface area contributed by atoms with Gasteiger partial charge < -0.3 is 15.0 Å². The normalized spacial score (nSPS) is 22.3. The van der Waals surface area contributed by atoms with Crippen molar-refractivity contribution in [3.63, 3.8) is 0 Å². The Kier molecular flexibility index (Phi) is 6.43. The number of rotatable bonds is 6. The Morgan fingerprint density at radius 1 is 1.30 bits per heavy atom. The van der Waals surface area contributed by atoms with Crippen LogP contribution in [0.15, 0.2) is 24.3 Å². The Bertz CT molecular complexity index is 623. The molecule has 5 nitrogen and oxygen atoms in total. The van der Waals surface area contributed by atoms with E-state index in [1.807, 2.05) is 24.1 Å². The molecule has 2 saturated heterocycles. The van der Waals surface area contributed by atoms with Gasteiger partial charge in [0.15, 0.2) is 0 Å². The number of nitrogens with zero attached hydrogens (tertiary/aromatic N) is 2. The fourth-order valence-electron chi connectivity index (χ4n) is 4.48. The van der Waals surface area contributed by atoms with Crippen LogP contribution < -0.4 is 10.1 Å². The lowest BCUT2D eigenvalue weighted by molar-refractivity contribution is -0.134. The molecule has 27 heavy (non-hydrogen) atoms. The first-order valence-electron chi connectivity index (χ1n) is 10.3. The SMILES string of the molecule is CC(C)c1ccc(OCCN(C)C(=O)[C@H]2CC3(CCNCC3)CN2C)cc1. The van der Waals surface area contributed by atoms with Crippen molar-refractivity contribution in [1.82, 2.24) is 15.1 Å². The van der Waals surface area contributed by atoms with Crippen molar-refractivity contribution in [2.45, 2.75) is 45.1 Å². The second kappa shape index (κ2) is 8.61. The number of amides is 1. The number of benzene rings is 1. The van der Waals surface area contributed by atoms with Crippen LogP contribution in [0.5, 0.6) is 5.75 Å². The van der Waals surface area contributed by atoms with Crippen molar-refractivity contribution in [3.05, 3.63) is 29.8 Å². The molecular weight excluding hydrogens is 338 g/mol. The molecule has 3 rings (SSSR count). The van der Waals surface area contributed by atoms with Gasteiger partial charge in [-0.15, -0.1) is 0 Å². The van der Waals surface area contributed by atoms with E-state index >= 15 is 0 Å². The third kappa shape index (κ3) is 4.82. The largest absolute Gasteiger partial charge is 0.492 e. The summed E-state index contributed by atoms with van der Waals surface area (Å²) in [4.78, 5) is 17.1. The van der Waals surface area contributed by atoms with Crippen LogP contribution in [0.3, 0.4) is 0 Å². The molecule has 150 valence electrons. The van der Waals surface area contributed by atoms with Crippen molar-refractivity contribution in [1.29, 1.82) is 0 Å². The summed E-state index contributed by atoms with van der Waals surface area (Å²) in [6.45, 7) is 8.70. The van der Waals surface area contributed by atoms with E-state index in [0.717, 1.165) is 31.8 Å². The molecule has 0 radical (unpaired) electrons. The molecule has 2 aliphatic rings. The minimum absolute atomic E-state index is 0.0124. The van der Waals surface area contributed by atoms with E-state index in [-0.39, 0.29) is 11.9 Å². The lowest BCUT2D eigenvalue weighted by atomic mass is 9.77. The molecular formula is C22H35N3O2. The van der Waals surface area contributed by atoms with Gasteiger partial charge >= 0.3 is 0 Å². The standard InChI is InChI=1S/C22H35N3O2/c1-17(2)18-5-7-19(8-6-18)27-14-13-24(3)21(26)20-15-22(16-25(20)4)9-11-23-12-10-22/h5-8,17,20,23H,9-16H2,1-4H3/t20-/m1/s1. The predicted octanol–water partition coefficient (Wildman–Crippen LogP) is 2.72. The van der Waals surface area contributed by atoms with Crippen LogP contribution in [-0.4, -0.2) is 68.6 Å². The summed E-state index contributed by atoms with van der Waals surface area (Å²) in [6, 6.07) is 8.27. The molecule has 1 aromatic carbocycles. The molecule has 1 aromatic rings. The molecule has 1 atom stereocenters. The van der Waals surface area contributed by atoms with Gasteiger partial charge in [0.2, 0.25) is 5.91 Å². The highest BCUT2D eigenvalue weighted by atomic mass is 16.5. The average molecular weight is 374 g/mol. The number of nitrogens with one attached hydrogen (secondary N) is 1. The van der Waals surface area contributed by atoms with Gasteiger partial charge in [0, 0.05) is 13.6 Å². The maximum atomic E-state index is 13.0. The van der Waals surface area contributed by atoms with Gasteiger partial charge in [-0.3, -0.25) is 9.69 Å². The molecule has 0 unspecified atom stereocenters. The van der Waals surface area contributed by atoms with E-state index in [9.17, 15) is 4.79 Å². The molecule has 2 heterocycles. The molecule has 0 aliphatic carbocycles. The van der Waals surface area contributed by atoms with Crippen molar-refractivity contribution < 1.29 is 9.53 Å². The third-order valence-electron chi connectivity index (χ3n) is 6.31. The van der Waals surface area contributed by atoms with Crippen LogP contribution in [0, 0.1) is 5.41 Å². The number of piperidine rings is 1. The van der Waals surface area contributed by atoms with Gasteiger partial charge in [-0.2, -0.15) is 0 Å². The van der Waals surface area contributed by atoms with Gasteiger partial charge in [0.25, 0.3) is 0 Å². The summed E-state index contributed by atoms with van der Waals surface area (Å²) >= 11 is 0. The number of carbonyl (C=O) groups is 1. The molecule has 0 aromatic heterocycles. The first kappa shape index (κ1) is 20.2. The minimum atomic E-state index is 0.0124. The summed E-state index contributed by atoms with van der Waals surface area (Å²) in [5.41, 5.74) is 1.64. The van der Waals surface area contributed by atoms with E-state index in [2.05, 4.69) is 43.2 Å². The Hall–Kier alpha value is -1.59. The fourth-order valence-corrected chi connectivity index (χ4v) is 4.48. The third-order valence-corrected chi connectivity index (χ3v) is 6.31. The lowest BCUT2D eigenvalue weighted by Crippen LogP contribution is -2.43. The van der Waals surface area contributed by atoms with Gasteiger partial charge in [-0.05, 0) is 68.4 Å². The highest BCUT2D eigenvalue weighted by Gasteiger charge is 2.46. The number of likely N-dealkylation sites (N-methyl/N-ethyl adjacent to an activating group) is 2. The average Bonchev–Trinajstić information content (AvgIpc) is 2.97. The molecule has 0 saturated carbocycles. The maximum Gasteiger partial charge on any atom is 0.239 e.